The van der Waals surface area contributed by atoms with E-state index in [1.165, 1.54) is 0 Å². The van der Waals surface area contributed by atoms with Crippen molar-refractivity contribution >= 4 is 11.8 Å². The Balaban J connectivity index is 2.38. The Morgan fingerprint density at radius 3 is 2.90 bits per heavy atom. The molecule has 1 amide bonds. The molecule has 1 atom stereocenters. The Bertz CT molecular complexity index is 658. The average Bonchev–Trinajstić information content (AvgIpc) is 2.47. The molecule has 21 heavy (non-hydrogen) atoms. The lowest BCUT2D eigenvalue weighted by Gasteiger charge is -2.15. The van der Waals surface area contributed by atoms with Crippen molar-refractivity contribution < 1.29 is 9.90 Å². The number of nitrogens with one attached hydrogen (secondary N) is 1. The van der Waals surface area contributed by atoms with E-state index in [-0.39, 0.29) is 0 Å². The second kappa shape index (κ2) is 6.51. The van der Waals surface area contributed by atoms with Gasteiger partial charge in [-0.25, -0.2) is 4.79 Å². The van der Waals surface area contributed by atoms with Crippen molar-refractivity contribution in [1.82, 2.24) is 15.3 Å². The van der Waals surface area contributed by atoms with Crippen LogP contribution in [0.3, 0.4) is 0 Å². The van der Waals surface area contributed by atoms with Gasteiger partial charge in [0.1, 0.15) is 0 Å². The first-order chi connectivity index (χ1) is 10.1. The third-order valence-electron chi connectivity index (χ3n) is 2.95. The number of nitrogen functional groups attached to an aromatic ring is 1. The van der Waals surface area contributed by atoms with Crippen molar-refractivity contribution in [2.75, 3.05) is 5.73 Å². The van der Waals surface area contributed by atoms with Crippen LogP contribution in [0, 0.1) is 0 Å². The molecule has 4 N–H and O–H groups in total. The first kappa shape index (κ1) is 14.5. The highest BCUT2D eigenvalue weighted by Gasteiger charge is 2.15. The lowest BCUT2D eigenvalue weighted by Crippen LogP contribution is -2.27. The standard InChI is InChI=1S/C15H16N4O2/c1-2-4-12(19-15(20)21)13-9-10(6-8-17-13)14-11(16)5-3-7-18-14/h2-3,5-9,12,19H,1,4,16H2,(H,20,21)/t12-/m0/s1. The van der Waals surface area contributed by atoms with Crippen molar-refractivity contribution in [3.8, 4) is 11.3 Å². The summed E-state index contributed by atoms with van der Waals surface area (Å²) in [5.74, 6) is 0. The van der Waals surface area contributed by atoms with E-state index in [4.69, 9.17) is 10.8 Å². The third kappa shape index (κ3) is 3.56. The molecule has 2 rings (SSSR count). The lowest BCUT2D eigenvalue weighted by molar-refractivity contribution is 0.189. The summed E-state index contributed by atoms with van der Waals surface area (Å²) in [5.41, 5.74) is 8.50. The Morgan fingerprint density at radius 2 is 2.24 bits per heavy atom. The monoisotopic (exact) mass is 284 g/mol. The van der Waals surface area contributed by atoms with E-state index >= 15 is 0 Å². The molecule has 2 aromatic heterocycles. The molecule has 0 spiro atoms. The van der Waals surface area contributed by atoms with Gasteiger partial charge >= 0.3 is 6.09 Å². The van der Waals surface area contributed by atoms with Crippen LogP contribution in [0.15, 0.2) is 49.3 Å². The van der Waals surface area contributed by atoms with Crippen LogP contribution in [0.4, 0.5) is 10.5 Å². The number of rotatable bonds is 5. The molecule has 0 bridgehead atoms. The molecule has 0 saturated carbocycles. The molecule has 6 heteroatoms. The first-order valence-corrected chi connectivity index (χ1v) is 6.39. The summed E-state index contributed by atoms with van der Waals surface area (Å²) in [4.78, 5) is 19.3. The number of amides is 1. The number of hydrogen-bond acceptors (Lipinski definition) is 4. The minimum Gasteiger partial charge on any atom is -0.465 e. The van der Waals surface area contributed by atoms with Gasteiger partial charge in [-0.2, -0.15) is 0 Å². The molecule has 0 aliphatic heterocycles. The third-order valence-corrected chi connectivity index (χ3v) is 2.95. The molecule has 0 radical (unpaired) electrons. The molecule has 2 aromatic rings. The zero-order valence-corrected chi connectivity index (χ0v) is 11.4. The smallest absolute Gasteiger partial charge is 0.405 e. The highest BCUT2D eigenvalue weighted by molar-refractivity contribution is 5.72. The van der Waals surface area contributed by atoms with E-state index in [0.717, 1.165) is 5.56 Å². The maximum Gasteiger partial charge on any atom is 0.405 e. The summed E-state index contributed by atoms with van der Waals surface area (Å²) in [6, 6.07) is 6.63. The molecule has 0 aromatic carbocycles. The fourth-order valence-corrected chi connectivity index (χ4v) is 2.01. The largest absolute Gasteiger partial charge is 0.465 e. The number of carboxylic acid groups (broad SMARTS) is 1. The van der Waals surface area contributed by atoms with Gasteiger partial charge in [-0.05, 0) is 30.7 Å². The van der Waals surface area contributed by atoms with Gasteiger partial charge in [0.25, 0.3) is 0 Å². The highest BCUT2D eigenvalue weighted by Crippen LogP contribution is 2.25. The predicted molar refractivity (Wildman–Crippen MR) is 80.6 cm³/mol. The van der Waals surface area contributed by atoms with Crippen LogP contribution in [-0.2, 0) is 0 Å². The maximum absolute atomic E-state index is 10.9. The Labute approximate surface area is 122 Å². The zero-order chi connectivity index (χ0) is 15.2. The molecule has 108 valence electrons. The Kier molecular flexibility index (Phi) is 4.50. The quantitative estimate of drug-likeness (QED) is 0.733. The van der Waals surface area contributed by atoms with Crippen molar-refractivity contribution in [3.05, 3.63) is 55.0 Å². The normalized spacial score (nSPS) is 11.6. The first-order valence-electron chi connectivity index (χ1n) is 6.39. The number of pyridine rings is 2. The van der Waals surface area contributed by atoms with Gasteiger partial charge in [0.15, 0.2) is 0 Å². The van der Waals surface area contributed by atoms with Gasteiger partial charge in [-0.15, -0.1) is 6.58 Å². The summed E-state index contributed by atoms with van der Waals surface area (Å²) in [5, 5.41) is 11.3. The molecule has 0 aliphatic carbocycles. The van der Waals surface area contributed by atoms with Gasteiger partial charge in [-0.3, -0.25) is 9.97 Å². The fraction of sp³-hybridized carbons (Fsp3) is 0.133. The minimum absolute atomic E-state index is 0.445. The maximum atomic E-state index is 10.9. The number of hydrogen-bond donors (Lipinski definition) is 3. The van der Waals surface area contributed by atoms with Crippen LogP contribution in [-0.4, -0.2) is 21.2 Å². The van der Waals surface area contributed by atoms with Crippen molar-refractivity contribution in [2.24, 2.45) is 0 Å². The number of nitrogens with two attached hydrogens (primary N) is 1. The summed E-state index contributed by atoms with van der Waals surface area (Å²) in [7, 11) is 0. The number of carbonyl (C=O) groups is 1. The molecular weight excluding hydrogens is 268 g/mol. The van der Waals surface area contributed by atoms with E-state index in [9.17, 15) is 4.79 Å². The molecule has 2 heterocycles. The number of aromatic nitrogens is 2. The second-order valence-electron chi connectivity index (χ2n) is 4.44. The van der Waals surface area contributed by atoms with Crippen LogP contribution < -0.4 is 11.1 Å². The number of anilines is 1. The van der Waals surface area contributed by atoms with Crippen molar-refractivity contribution in [1.29, 1.82) is 0 Å². The van der Waals surface area contributed by atoms with Crippen LogP contribution in [0.5, 0.6) is 0 Å². The van der Waals surface area contributed by atoms with E-state index in [0.29, 0.717) is 23.5 Å². The van der Waals surface area contributed by atoms with Crippen LogP contribution >= 0.6 is 0 Å². The predicted octanol–water partition coefficient (Wildman–Crippen LogP) is 2.61. The minimum atomic E-state index is -1.11. The van der Waals surface area contributed by atoms with Crippen LogP contribution in [0.25, 0.3) is 11.3 Å². The topological polar surface area (TPSA) is 101 Å². The average molecular weight is 284 g/mol. The Hall–Kier alpha value is -2.89. The highest BCUT2D eigenvalue weighted by atomic mass is 16.4. The van der Waals surface area contributed by atoms with Gasteiger partial charge in [-0.1, -0.05) is 6.08 Å². The molecule has 6 nitrogen and oxygen atoms in total. The second-order valence-corrected chi connectivity index (χ2v) is 4.44. The van der Waals surface area contributed by atoms with E-state index in [2.05, 4.69) is 21.9 Å². The van der Waals surface area contributed by atoms with Crippen LogP contribution in [0.2, 0.25) is 0 Å². The van der Waals surface area contributed by atoms with Crippen molar-refractivity contribution in [2.45, 2.75) is 12.5 Å². The summed E-state index contributed by atoms with van der Waals surface area (Å²) in [6.45, 7) is 3.63. The van der Waals surface area contributed by atoms with E-state index < -0.39 is 12.1 Å². The number of nitrogens with zero attached hydrogens (tertiary/aromatic N) is 2. The zero-order valence-electron chi connectivity index (χ0n) is 11.4. The van der Waals surface area contributed by atoms with Gasteiger partial charge in [0.05, 0.1) is 23.1 Å². The lowest BCUT2D eigenvalue weighted by atomic mass is 10.0. The SMILES string of the molecule is C=CC[C@H](NC(=O)O)c1cc(-c2ncccc2N)ccn1. The summed E-state index contributed by atoms with van der Waals surface area (Å²) in [6.07, 6.45) is 4.25. The van der Waals surface area contributed by atoms with Crippen molar-refractivity contribution in [3.63, 3.8) is 0 Å². The van der Waals surface area contributed by atoms with Gasteiger partial charge in [0, 0.05) is 18.0 Å². The van der Waals surface area contributed by atoms with Gasteiger partial charge < -0.3 is 16.2 Å². The molecule has 0 unspecified atom stereocenters. The van der Waals surface area contributed by atoms with E-state index in [1.54, 1.807) is 42.7 Å². The van der Waals surface area contributed by atoms with Gasteiger partial charge in [0.2, 0.25) is 0 Å². The molecular formula is C15H16N4O2. The molecule has 0 aliphatic rings. The fourth-order valence-electron chi connectivity index (χ4n) is 2.01. The van der Waals surface area contributed by atoms with Crippen LogP contribution in [0.1, 0.15) is 18.2 Å². The summed E-state index contributed by atoms with van der Waals surface area (Å²) >= 11 is 0. The Morgan fingerprint density at radius 1 is 1.43 bits per heavy atom. The van der Waals surface area contributed by atoms with E-state index in [1.807, 2.05) is 0 Å². The molecule has 0 fully saturated rings. The summed E-state index contributed by atoms with van der Waals surface area (Å²) < 4.78 is 0. The molecule has 0 saturated heterocycles.